The fraction of sp³-hybridized carbons (Fsp3) is 0.462. The van der Waals surface area contributed by atoms with Crippen molar-refractivity contribution in [3.63, 3.8) is 0 Å². The van der Waals surface area contributed by atoms with Gasteiger partial charge in [-0.15, -0.1) is 0 Å². The second kappa shape index (κ2) is 5.46. The normalized spacial score (nSPS) is 13.6. The van der Waals surface area contributed by atoms with Gasteiger partial charge in [-0.25, -0.2) is 0 Å². The van der Waals surface area contributed by atoms with Crippen LogP contribution < -0.4 is 0 Å². The van der Waals surface area contributed by atoms with Crippen molar-refractivity contribution in [3.05, 3.63) is 34.3 Å². The van der Waals surface area contributed by atoms with Gasteiger partial charge in [-0.2, -0.15) is 0 Å². The molecule has 16 heavy (non-hydrogen) atoms. The molecular weight excluding hydrogens is 332 g/mol. The van der Waals surface area contributed by atoms with E-state index in [-0.39, 0.29) is 16.0 Å². The Hall–Kier alpha value is -0.150. The van der Waals surface area contributed by atoms with Gasteiger partial charge in [0.2, 0.25) is 0 Å². The molecular formula is C13H16Br2O. The number of carbonyl (C=O) groups excluding carboxylic acids is 1. The standard InChI is InChI=1S/C13H16Br2O/c1-13(2,3)12(16)11(15)8-9-5-4-6-10(14)7-9/h4-7,11H,8H2,1-3H3. The van der Waals surface area contributed by atoms with Crippen LogP contribution in [0.25, 0.3) is 0 Å². The highest BCUT2D eigenvalue weighted by molar-refractivity contribution is 9.10. The summed E-state index contributed by atoms with van der Waals surface area (Å²) in [6.45, 7) is 5.85. The summed E-state index contributed by atoms with van der Waals surface area (Å²) in [5.41, 5.74) is 0.869. The zero-order valence-corrected chi connectivity index (χ0v) is 12.9. The number of Topliss-reactive ketones (excluding diaryl/α,β-unsaturated/α-hetero) is 1. The molecule has 1 aromatic carbocycles. The molecule has 0 saturated heterocycles. The van der Waals surface area contributed by atoms with Crippen LogP contribution in [-0.4, -0.2) is 10.6 Å². The molecule has 0 fully saturated rings. The second-order valence-corrected chi connectivity index (χ2v) is 6.94. The van der Waals surface area contributed by atoms with Crippen LogP contribution in [0, 0.1) is 5.41 Å². The van der Waals surface area contributed by atoms with Crippen molar-refractivity contribution < 1.29 is 4.79 Å². The molecule has 3 heteroatoms. The van der Waals surface area contributed by atoms with Gasteiger partial charge in [-0.05, 0) is 24.1 Å². The molecule has 0 amide bonds. The fourth-order valence-corrected chi connectivity index (χ4v) is 2.94. The summed E-state index contributed by atoms with van der Waals surface area (Å²) in [4.78, 5) is 11.9. The molecule has 1 rings (SSSR count). The Kier molecular flexibility index (Phi) is 4.74. The van der Waals surface area contributed by atoms with Gasteiger partial charge in [0.25, 0.3) is 0 Å². The summed E-state index contributed by atoms with van der Waals surface area (Å²) in [6, 6.07) is 8.05. The molecule has 1 atom stereocenters. The van der Waals surface area contributed by atoms with Crippen LogP contribution in [0.3, 0.4) is 0 Å². The van der Waals surface area contributed by atoms with Gasteiger partial charge >= 0.3 is 0 Å². The predicted octanol–water partition coefficient (Wildman–Crippen LogP) is 4.37. The van der Waals surface area contributed by atoms with E-state index in [0.29, 0.717) is 0 Å². The number of benzene rings is 1. The maximum atomic E-state index is 12.0. The Bertz CT molecular complexity index is 380. The number of alkyl halides is 1. The summed E-state index contributed by atoms with van der Waals surface area (Å²) in [7, 11) is 0. The van der Waals surface area contributed by atoms with Crippen molar-refractivity contribution in [3.8, 4) is 0 Å². The maximum Gasteiger partial charge on any atom is 0.152 e. The van der Waals surface area contributed by atoms with Crippen molar-refractivity contribution >= 4 is 37.6 Å². The molecule has 0 aromatic heterocycles. The van der Waals surface area contributed by atoms with Crippen molar-refractivity contribution in [2.45, 2.75) is 32.0 Å². The lowest BCUT2D eigenvalue weighted by molar-refractivity contribution is -0.125. The Labute approximate surface area is 114 Å². The lowest BCUT2D eigenvalue weighted by atomic mass is 9.87. The highest BCUT2D eigenvalue weighted by Crippen LogP contribution is 2.24. The molecule has 88 valence electrons. The molecule has 1 nitrogen and oxygen atoms in total. The third-order valence-corrected chi connectivity index (χ3v) is 3.56. The van der Waals surface area contributed by atoms with E-state index >= 15 is 0 Å². The zero-order valence-electron chi connectivity index (χ0n) is 9.76. The van der Waals surface area contributed by atoms with Crippen molar-refractivity contribution in [1.29, 1.82) is 0 Å². The van der Waals surface area contributed by atoms with Crippen LogP contribution >= 0.6 is 31.9 Å². The van der Waals surface area contributed by atoms with E-state index < -0.39 is 0 Å². The highest BCUT2D eigenvalue weighted by Gasteiger charge is 2.27. The quantitative estimate of drug-likeness (QED) is 0.742. The van der Waals surface area contributed by atoms with E-state index in [1.165, 1.54) is 0 Å². The van der Waals surface area contributed by atoms with Gasteiger partial charge < -0.3 is 0 Å². The minimum Gasteiger partial charge on any atom is -0.298 e. The SMILES string of the molecule is CC(C)(C)C(=O)C(Br)Cc1cccc(Br)c1. The molecule has 0 radical (unpaired) electrons. The van der Waals surface area contributed by atoms with E-state index in [2.05, 4.69) is 31.9 Å². The lowest BCUT2D eigenvalue weighted by Crippen LogP contribution is -2.29. The van der Waals surface area contributed by atoms with E-state index in [0.717, 1.165) is 16.5 Å². The second-order valence-electron chi connectivity index (χ2n) is 4.92. The first-order chi connectivity index (χ1) is 7.30. The summed E-state index contributed by atoms with van der Waals surface area (Å²) < 4.78 is 1.05. The molecule has 0 aliphatic heterocycles. The molecule has 0 bridgehead atoms. The number of carbonyl (C=O) groups is 1. The Morgan fingerprint density at radius 2 is 2.00 bits per heavy atom. The van der Waals surface area contributed by atoms with Crippen LogP contribution in [-0.2, 0) is 11.2 Å². The monoisotopic (exact) mass is 346 g/mol. The first-order valence-corrected chi connectivity index (χ1v) is 6.94. The molecule has 0 aliphatic carbocycles. The first kappa shape index (κ1) is 13.9. The van der Waals surface area contributed by atoms with Crippen LogP contribution in [0.5, 0.6) is 0 Å². The highest BCUT2D eigenvalue weighted by atomic mass is 79.9. The average Bonchev–Trinajstić information content (AvgIpc) is 2.15. The minimum atomic E-state index is -0.291. The first-order valence-electron chi connectivity index (χ1n) is 5.23. The predicted molar refractivity (Wildman–Crippen MR) is 75.0 cm³/mol. The third-order valence-electron chi connectivity index (χ3n) is 2.33. The number of halogens is 2. The van der Waals surface area contributed by atoms with Crippen molar-refractivity contribution in [1.82, 2.24) is 0 Å². The van der Waals surface area contributed by atoms with Crippen LogP contribution in [0.2, 0.25) is 0 Å². The van der Waals surface area contributed by atoms with Gasteiger partial charge in [0.05, 0.1) is 4.83 Å². The summed E-state index contributed by atoms with van der Waals surface area (Å²) >= 11 is 6.90. The smallest absolute Gasteiger partial charge is 0.152 e. The van der Waals surface area contributed by atoms with Crippen molar-refractivity contribution in [2.75, 3.05) is 0 Å². The van der Waals surface area contributed by atoms with Gasteiger partial charge in [-0.1, -0.05) is 64.8 Å². The number of hydrogen-bond donors (Lipinski definition) is 0. The summed E-state index contributed by atoms with van der Waals surface area (Å²) in [6.07, 6.45) is 0.732. The average molecular weight is 348 g/mol. The van der Waals surface area contributed by atoms with Gasteiger partial charge in [0, 0.05) is 9.89 Å². The molecule has 1 unspecified atom stereocenters. The molecule has 0 aliphatic rings. The van der Waals surface area contributed by atoms with Crippen LogP contribution in [0.4, 0.5) is 0 Å². The molecule has 0 saturated carbocycles. The van der Waals surface area contributed by atoms with Crippen LogP contribution in [0.15, 0.2) is 28.7 Å². The molecule has 0 heterocycles. The van der Waals surface area contributed by atoms with Gasteiger partial charge in [0.15, 0.2) is 5.78 Å². The minimum absolute atomic E-state index is 0.109. The number of rotatable bonds is 3. The van der Waals surface area contributed by atoms with E-state index in [1.807, 2.05) is 45.0 Å². The lowest BCUT2D eigenvalue weighted by Gasteiger charge is -2.20. The molecule has 1 aromatic rings. The Morgan fingerprint density at radius 3 is 2.50 bits per heavy atom. The zero-order chi connectivity index (χ0) is 12.3. The topological polar surface area (TPSA) is 17.1 Å². The Morgan fingerprint density at radius 1 is 1.38 bits per heavy atom. The number of hydrogen-bond acceptors (Lipinski definition) is 1. The van der Waals surface area contributed by atoms with Gasteiger partial charge in [0.1, 0.15) is 0 Å². The van der Waals surface area contributed by atoms with Crippen molar-refractivity contribution in [2.24, 2.45) is 5.41 Å². The summed E-state index contributed by atoms with van der Waals surface area (Å²) in [5, 5.41) is 0. The summed E-state index contributed by atoms with van der Waals surface area (Å²) in [5.74, 6) is 0.243. The Balaban J connectivity index is 2.72. The maximum absolute atomic E-state index is 12.0. The van der Waals surface area contributed by atoms with E-state index in [9.17, 15) is 4.79 Å². The van der Waals surface area contributed by atoms with Crippen LogP contribution in [0.1, 0.15) is 26.3 Å². The van der Waals surface area contributed by atoms with E-state index in [1.54, 1.807) is 0 Å². The third kappa shape index (κ3) is 4.02. The van der Waals surface area contributed by atoms with E-state index in [4.69, 9.17) is 0 Å². The fourth-order valence-electron chi connectivity index (χ4n) is 1.43. The molecule has 0 spiro atoms. The van der Waals surface area contributed by atoms with Gasteiger partial charge in [-0.3, -0.25) is 4.79 Å². The largest absolute Gasteiger partial charge is 0.298 e. The molecule has 0 N–H and O–H groups in total. The number of ketones is 1.